The number of nitrogens with zero attached hydrogens (tertiary/aromatic N) is 1. The highest BCUT2D eigenvalue weighted by Crippen LogP contribution is 2.29. The average Bonchev–Trinajstić information content (AvgIpc) is 2.69. The molecule has 2 N–H and O–H groups in total. The van der Waals surface area contributed by atoms with Gasteiger partial charge in [-0.05, 0) is 37.3 Å². The molecule has 5 nitrogen and oxygen atoms in total. The number of likely N-dealkylation sites (tertiary alicyclic amines) is 1. The van der Waals surface area contributed by atoms with Crippen LogP contribution in [0, 0.1) is 0 Å². The Labute approximate surface area is 169 Å². The molecule has 29 heavy (non-hydrogen) atoms. The zero-order chi connectivity index (χ0) is 20.9. The molecule has 0 bridgehead atoms. The van der Waals surface area contributed by atoms with Crippen molar-refractivity contribution in [3.63, 3.8) is 0 Å². The molecule has 1 aliphatic heterocycles. The first kappa shape index (κ1) is 21.5. The number of halogens is 3. The summed E-state index contributed by atoms with van der Waals surface area (Å²) >= 11 is 0. The number of carbonyl (C=O) groups is 2. The highest BCUT2D eigenvalue weighted by atomic mass is 19.4. The standard InChI is InChI=1S/C21H28F3N3O2/c22-21(23,24)16-6-4-5-15(13-16)14-19(28)27-11-9-18(10-12-27)26-20(29)25-17-7-2-1-3-8-17/h4-6,13,17-18H,1-3,7-12,14H2,(H2,25,26,29). The normalized spacial score (nSPS) is 19.1. The summed E-state index contributed by atoms with van der Waals surface area (Å²) in [7, 11) is 0. The fraction of sp³-hybridized carbons (Fsp3) is 0.619. The van der Waals surface area contributed by atoms with Gasteiger partial charge in [-0.2, -0.15) is 13.2 Å². The fourth-order valence-electron chi connectivity index (χ4n) is 4.08. The first-order valence-corrected chi connectivity index (χ1v) is 10.3. The Bertz CT molecular complexity index is 709. The number of amides is 3. The van der Waals surface area contributed by atoms with Gasteiger partial charge in [0, 0.05) is 25.2 Å². The molecule has 0 spiro atoms. The highest BCUT2D eigenvalue weighted by Gasteiger charge is 2.31. The zero-order valence-corrected chi connectivity index (χ0v) is 16.4. The Morgan fingerprint density at radius 3 is 2.21 bits per heavy atom. The van der Waals surface area contributed by atoms with Gasteiger partial charge in [0.2, 0.25) is 5.91 Å². The Morgan fingerprint density at radius 2 is 1.59 bits per heavy atom. The van der Waals surface area contributed by atoms with Gasteiger partial charge in [-0.3, -0.25) is 4.79 Å². The molecular formula is C21H28F3N3O2. The second kappa shape index (κ2) is 9.50. The van der Waals surface area contributed by atoms with Crippen LogP contribution in [0.5, 0.6) is 0 Å². The van der Waals surface area contributed by atoms with Crippen LogP contribution in [0.2, 0.25) is 0 Å². The van der Waals surface area contributed by atoms with Crippen molar-refractivity contribution in [2.24, 2.45) is 0 Å². The van der Waals surface area contributed by atoms with E-state index in [4.69, 9.17) is 0 Å². The van der Waals surface area contributed by atoms with E-state index in [1.54, 1.807) is 4.90 Å². The summed E-state index contributed by atoms with van der Waals surface area (Å²) in [6.45, 7) is 0.984. The van der Waals surface area contributed by atoms with E-state index < -0.39 is 11.7 Å². The predicted octanol–water partition coefficient (Wildman–Crippen LogP) is 3.87. The molecule has 1 aromatic carbocycles. The third kappa shape index (κ3) is 6.37. The summed E-state index contributed by atoms with van der Waals surface area (Å²) in [6, 6.07) is 5.01. The quantitative estimate of drug-likeness (QED) is 0.790. The van der Waals surface area contributed by atoms with Gasteiger partial charge in [0.25, 0.3) is 0 Å². The fourth-order valence-corrected chi connectivity index (χ4v) is 4.08. The van der Waals surface area contributed by atoms with Gasteiger partial charge in [0.15, 0.2) is 0 Å². The lowest BCUT2D eigenvalue weighted by molar-refractivity contribution is -0.138. The lowest BCUT2D eigenvalue weighted by Crippen LogP contribution is -2.51. The molecule has 3 rings (SSSR count). The first-order valence-electron chi connectivity index (χ1n) is 10.3. The van der Waals surface area contributed by atoms with Gasteiger partial charge in [-0.25, -0.2) is 4.79 Å². The number of piperidine rings is 1. The van der Waals surface area contributed by atoms with Crippen molar-refractivity contribution >= 4 is 11.9 Å². The maximum absolute atomic E-state index is 12.8. The molecule has 2 fully saturated rings. The Hall–Kier alpha value is -2.25. The van der Waals surface area contributed by atoms with E-state index in [-0.39, 0.29) is 30.4 Å². The summed E-state index contributed by atoms with van der Waals surface area (Å²) in [5.41, 5.74) is -0.383. The van der Waals surface area contributed by atoms with Gasteiger partial charge in [-0.15, -0.1) is 0 Å². The number of rotatable bonds is 4. The van der Waals surface area contributed by atoms with Crippen LogP contribution in [-0.4, -0.2) is 42.0 Å². The topological polar surface area (TPSA) is 61.4 Å². The van der Waals surface area contributed by atoms with E-state index in [0.717, 1.165) is 37.8 Å². The van der Waals surface area contributed by atoms with Crippen LogP contribution in [0.25, 0.3) is 0 Å². The van der Waals surface area contributed by atoms with E-state index in [1.807, 2.05) is 0 Å². The summed E-state index contributed by atoms with van der Waals surface area (Å²) in [4.78, 5) is 26.3. The molecule has 160 valence electrons. The third-order valence-corrected chi connectivity index (χ3v) is 5.73. The smallest absolute Gasteiger partial charge is 0.342 e. The Balaban J connectivity index is 1.43. The van der Waals surface area contributed by atoms with Crippen LogP contribution in [0.4, 0.5) is 18.0 Å². The van der Waals surface area contributed by atoms with Gasteiger partial charge < -0.3 is 15.5 Å². The Kier molecular flexibility index (Phi) is 7.03. The van der Waals surface area contributed by atoms with Gasteiger partial charge in [0.05, 0.1) is 12.0 Å². The molecule has 1 aromatic rings. The molecule has 8 heteroatoms. The number of urea groups is 1. The molecule has 1 saturated heterocycles. The number of nitrogens with one attached hydrogen (secondary N) is 2. The maximum Gasteiger partial charge on any atom is 0.416 e. The minimum atomic E-state index is -4.42. The summed E-state index contributed by atoms with van der Waals surface area (Å²) in [6.07, 6.45) is 2.40. The summed E-state index contributed by atoms with van der Waals surface area (Å²) < 4.78 is 38.5. The van der Waals surface area contributed by atoms with E-state index in [2.05, 4.69) is 10.6 Å². The van der Waals surface area contributed by atoms with Crippen LogP contribution < -0.4 is 10.6 Å². The minimum absolute atomic E-state index is 0.0104. The molecular weight excluding hydrogens is 383 g/mol. The molecule has 1 aliphatic carbocycles. The van der Waals surface area contributed by atoms with E-state index >= 15 is 0 Å². The molecule has 0 aromatic heterocycles. The second-order valence-electron chi connectivity index (χ2n) is 7.98. The van der Waals surface area contributed by atoms with Crippen molar-refractivity contribution < 1.29 is 22.8 Å². The van der Waals surface area contributed by atoms with E-state index in [1.165, 1.54) is 18.6 Å². The van der Waals surface area contributed by atoms with Crippen LogP contribution in [0.1, 0.15) is 56.1 Å². The number of carbonyl (C=O) groups excluding carboxylic acids is 2. The second-order valence-corrected chi connectivity index (χ2v) is 7.98. The largest absolute Gasteiger partial charge is 0.416 e. The number of alkyl halides is 3. The van der Waals surface area contributed by atoms with Crippen molar-refractivity contribution in [3.8, 4) is 0 Å². The number of hydrogen-bond donors (Lipinski definition) is 2. The molecule has 3 amide bonds. The maximum atomic E-state index is 12.8. The van der Waals surface area contributed by atoms with Crippen molar-refractivity contribution in [3.05, 3.63) is 35.4 Å². The molecule has 1 heterocycles. The van der Waals surface area contributed by atoms with E-state index in [9.17, 15) is 22.8 Å². The molecule has 0 atom stereocenters. The van der Waals surface area contributed by atoms with Crippen molar-refractivity contribution in [1.82, 2.24) is 15.5 Å². The zero-order valence-electron chi connectivity index (χ0n) is 16.4. The minimum Gasteiger partial charge on any atom is -0.342 e. The molecule has 2 aliphatic rings. The molecule has 0 unspecified atom stereocenters. The first-order chi connectivity index (χ1) is 13.8. The van der Waals surface area contributed by atoms with Crippen LogP contribution >= 0.6 is 0 Å². The lowest BCUT2D eigenvalue weighted by Gasteiger charge is -2.33. The summed E-state index contributed by atoms with van der Waals surface area (Å²) in [5.74, 6) is -0.186. The SMILES string of the molecule is O=C(NC1CCCCC1)NC1CCN(C(=O)Cc2cccc(C(F)(F)F)c2)CC1. The van der Waals surface area contributed by atoms with E-state index in [0.29, 0.717) is 31.5 Å². The van der Waals surface area contributed by atoms with Crippen LogP contribution in [0.3, 0.4) is 0 Å². The monoisotopic (exact) mass is 411 g/mol. The average molecular weight is 411 g/mol. The van der Waals surface area contributed by atoms with Crippen molar-refractivity contribution in [1.29, 1.82) is 0 Å². The van der Waals surface area contributed by atoms with Crippen LogP contribution in [-0.2, 0) is 17.4 Å². The highest BCUT2D eigenvalue weighted by molar-refractivity contribution is 5.79. The van der Waals surface area contributed by atoms with Gasteiger partial charge in [-0.1, -0.05) is 37.5 Å². The summed E-state index contributed by atoms with van der Waals surface area (Å²) in [5, 5.41) is 6.01. The third-order valence-electron chi connectivity index (χ3n) is 5.73. The molecule has 1 saturated carbocycles. The predicted molar refractivity (Wildman–Crippen MR) is 103 cm³/mol. The molecule has 0 radical (unpaired) electrons. The lowest BCUT2D eigenvalue weighted by atomic mass is 9.96. The van der Waals surface area contributed by atoms with Crippen molar-refractivity contribution in [2.45, 2.75) is 69.6 Å². The van der Waals surface area contributed by atoms with Crippen molar-refractivity contribution in [2.75, 3.05) is 13.1 Å². The van der Waals surface area contributed by atoms with Gasteiger partial charge >= 0.3 is 12.2 Å². The number of benzene rings is 1. The number of hydrogen-bond acceptors (Lipinski definition) is 2. The Morgan fingerprint density at radius 1 is 0.966 bits per heavy atom. The van der Waals surface area contributed by atoms with Crippen LogP contribution in [0.15, 0.2) is 24.3 Å². The van der Waals surface area contributed by atoms with Gasteiger partial charge in [0.1, 0.15) is 0 Å².